The molecule has 0 amide bonds. The van der Waals surface area contributed by atoms with Gasteiger partial charge in [-0.25, -0.2) is 0 Å². The third kappa shape index (κ3) is 5.92. The number of thiol groups is 1. The summed E-state index contributed by atoms with van der Waals surface area (Å²) in [6.07, 6.45) is 0. The van der Waals surface area contributed by atoms with E-state index in [1.807, 2.05) is 0 Å². The molecule has 1 heterocycles. The number of piperazine rings is 1. The molecule has 2 nitrogen and oxygen atoms in total. The van der Waals surface area contributed by atoms with Gasteiger partial charge in [-0.15, -0.1) is 24.8 Å². The topological polar surface area (TPSA) is 6.48 Å². The maximum absolute atomic E-state index is 4.29. The van der Waals surface area contributed by atoms with Crippen LogP contribution in [0.2, 0.25) is 0 Å². The van der Waals surface area contributed by atoms with Gasteiger partial charge in [0.1, 0.15) is 0 Å². The average molecular weight is 323 g/mol. The Morgan fingerprint density at radius 3 is 2.16 bits per heavy atom. The zero-order chi connectivity index (χ0) is 12.1. The first-order chi connectivity index (χ1) is 8.29. The lowest BCUT2D eigenvalue weighted by Crippen LogP contribution is -2.46. The lowest BCUT2D eigenvalue weighted by atomic mass is 10.1. The van der Waals surface area contributed by atoms with Gasteiger partial charge < -0.3 is 0 Å². The van der Waals surface area contributed by atoms with Crippen molar-refractivity contribution < 1.29 is 0 Å². The molecule has 0 radical (unpaired) electrons. The fourth-order valence-corrected chi connectivity index (χ4v) is 2.62. The van der Waals surface area contributed by atoms with Crippen LogP contribution in [0.5, 0.6) is 0 Å². The van der Waals surface area contributed by atoms with Crippen molar-refractivity contribution in [2.24, 2.45) is 0 Å². The molecule has 19 heavy (non-hydrogen) atoms. The van der Waals surface area contributed by atoms with Crippen LogP contribution in [0, 0.1) is 6.92 Å². The first-order valence-electron chi connectivity index (χ1n) is 6.39. The van der Waals surface area contributed by atoms with Crippen molar-refractivity contribution in [1.29, 1.82) is 0 Å². The highest BCUT2D eigenvalue weighted by Gasteiger charge is 2.16. The summed E-state index contributed by atoms with van der Waals surface area (Å²) in [4.78, 5) is 5.05. The number of benzene rings is 1. The second-order valence-electron chi connectivity index (χ2n) is 4.77. The van der Waals surface area contributed by atoms with Gasteiger partial charge in [0.15, 0.2) is 0 Å². The van der Waals surface area contributed by atoms with Crippen molar-refractivity contribution >= 4 is 37.4 Å². The summed E-state index contributed by atoms with van der Waals surface area (Å²) in [5.41, 5.74) is 2.88. The van der Waals surface area contributed by atoms with Crippen molar-refractivity contribution in [3.8, 4) is 0 Å². The molecule has 2 rings (SSSR count). The van der Waals surface area contributed by atoms with Gasteiger partial charge in [-0.05, 0) is 18.1 Å². The largest absolute Gasteiger partial charge is 0.300 e. The number of halogens is 2. The monoisotopic (exact) mass is 322 g/mol. The lowest BCUT2D eigenvalue weighted by molar-refractivity contribution is 0.132. The van der Waals surface area contributed by atoms with E-state index < -0.39 is 0 Å². The van der Waals surface area contributed by atoms with Crippen molar-refractivity contribution in [3.63, 3.8) is 0 Å². The fourth-order valence-electron chi connectivity index (χ4n) is 2.34. The molecule has 1 aromatic rings. The molecular formula is C14H24Cl2N2S. The van der Waals surface area contributed by atoms with E-state index in [4.69, 9.17) is 0 Å². The molecule has 0 atom stereocenters. The van der Waals surface area contributed by atoms with Gasteiger partial charge >= 0.3 is 0 Å². The Balaban J connectivity index is 0.00000162. The SMILES string of the molecule is Cc1ccccc1CN1CCN(CCS)CC1.Cl.Cl. The molecule has 0 spiro atoms. The molecule has 0 unspecified atom stereocenters. The second kappa shape index (κ2) is 9.89. The first-order valence-corrected chi connectivity index (χ1v) is 7.03. The number of hydrogen-bond acceptors (Lipinski definition) is 3. The Hall–Kier alpha value is 0.0700. The van der Waals surface area contributed by atoms with Gasteiger partial charge in [0.05, 0.1) is 0 Å². The van der Waals surface area contributed by atoms with Gasteiger partial charge in [0.25, 0.3) is 0 Å². The minimum absolute atomic E-state index is 0. The summed E-state index contributed by atoms with van der Waals surface area (Å²) in [5.74, 6) is 0.970. The first kappa shape index (κ1) is 19.1. The molecular weight excluding hydrogens is 299 g/mol. The highest BCUT2D eigenvalue weighted by Crippen LogP contribution is 2.12. The summed E-state index contributed by atoms with van der Waals surface area (Å²) in [6.45, 7) is 9.16. The summed E-state index contributed by atoms with van der Waals surface area (Å²) < 4.78 is 0. The third-order valence-corrected chi connectivity index (χ3v) is 3.74. The quantitative estimate of drug-likeness (QED) is 0.851. The Morgan fingerprint density at radius 1 is 1.00 bits per heavy atom. The van der Waals surface area contributed by atoms with Crippen molar-refractivity contribution in [2.75, 3.05) is 38.5 Å². The summed E-state index contributed by atoms with van der Waals surface area (Å²) in [5, 5.41) is 0. The smallest absolute Gasteiger partial charge is 0.0237 e. The molecule has 0 aromatic heterocycles. The maximum Gasteiger partial charge on any atom is 0.0237 e. The van der Waals surface area contributed by atoms with E-state index >= 15 is 0 Å². The molecule has 1 fully saturated rings. The Labute approximate surface area is 134 Å². The van der Waals surface area contributed by atoms with Crippen LogP contribution in [-0.4, -0.2) is 48.3 Å². The summed E-state index contributed by atoms with van der Waals surface area (Å²) in [7, 11) is 0. The highest BCUT2D eigenvalue weighted by molar-refractivity contribution is 7.80. The molecule has 1 aromatic carbocycles. The van der Waals surface area contributed by atoms with E-state index in [9.17, 15) is 0 Å². The number of aryl methyl sites for hydroxylation is 1. The molecule has 0 aliphatic carbocycles. The predicted molar refractivity (Wildman–Crippen MR) is 91.2 cm³/mol. The van der Waals surface area contributed by atoms with Crippen LogP contribution in [0.4, 0.5) is 0 Å². The molecule has 0 bridgehead atoms. The number of hydrogen-bond donors (Lipinski definition) is 1. The number of rotatable bonds is 4. The van der Waals surface area contributed by atoms with Gasteiger partial charge in [0, 0.05) is 45.0 Å². The van der Waals surface area contributed by atoms with E-state index in [0.717, 1.165) is 18.8 Å². The predicted octanol–water partition coefficient (Wildman–Crippen LogP) is 2.89. The van der Waals surface area contributed by atoms with Crippen LogP contribution in [0.25, 0.3) is 0 Å². The highest BCUT2D eigenvalue weighted by atomic mass is 35.5. The molecule has 1 aliphatic rings. The van der Waals surface area contributed by atoms with E-state index in [1.165, 1.54) is 37.3 Å². The zero-order valence-corrected chi connectivity index (χ0v) is 13.9. The van der Waals surface area contributed by atoms with E-state index in [0.29, 0.717) is 0 Å². The second-order valence-corrected chi connectivity index (χ2v) is 5.22. The molecule has 0 N–H and O–H groups in total. The average Bonchev–Trinajstić information content (AvgIpc) is 2.35. The van der Waals surface area contributed by atoms with Crippen LogP contribution in [-0.2, 0) is 6.54 Å². The third-order valence-electron chi connectivity index (χ3n) is 3.54. The Bertz CT molecular complexity index is 355. The Morgan fingerprint density at radius 2 is 1.58 bits per heavy atom. The molecule has 1 aliphatic heterocycles. The minimum atomic E-state index is 0. The molecule has 0 saturated carbocycles. The van der Waals surface area contributed by atoms with Crippen molar-refractivity contribution in [3.05, 3.63) is 35.4 Å². The minimum Gasteiger partial charge on any atom is -0.300 e. The van der Waals surface area contributed by atoms with Gasteiger partial charge in [-0.1, -0.05) is 24.3 Å². The molecule has 5 heteroatoms. The Kier molecular flexibility index (Phi) is 9.93. The van der Waals surface area contributed by atoms with Crippen LogP contribution in [0.1, 0.15) is 11.1 Å². The normalized spacial score (nSPS) is 16.5. The van der Waals surface area contributed by atoms with E-state index in [-0.39, 0.29) is 24.8 Å². The van der Waals surface area contributed by atoms with E-state index in [2.05, 4.69) is 53.6 Å². The fraction of sp³-hybridized carbons (Fsp3) is 0.571. The van der Waals surface area contributed by atoms with Gasteiger partial charge in [0.2, 0.25) is 0 Å². The van der Waals surface area contributed by atoms with E-state index in [1.54, 1.807) is 0 Å². The lowest BCUT2D eigenvalue weighted by Gasteiger charge is -2.34. The zero-order valence-electron chi connectivity index (χ0n) is 11.4. The van der Waals surface area contributed by atoms with Crippen molar-refractivity contribution in [1.82, 2.24) is 9.80 Å². The number of nitrogens with zero attached hydrogens (tertiary/aromatic N) is 2. The summed E-state index contributed by atoms with van der Waals surface area (Å²) >= 11 is 4.29. The van der Waals surface area contributed by atoms with Gasteiger partial charge in [-0.3, -0.25) is 9.80 Å². The van der Waals surface area contributed by atoms with Crippen LogP contribution >= 0.6 is 37.4 Å². The molecule has 1 saturated heterocycles. The standard InChI is InChI=1S/C14H22N2S.2ClH/c1-13-4-2-3-5-14(13)12-16-8-6-15(7-9-16)10-11-17;;/h2-5,17H,6-12H2,1H3;2*1H. The van der Waals surface area contributed by atoms with Gasteiger partial charge in [-0.2, -0.15) is 12.6 Å². The van der Waals surface area contributed by atoms with Crippen LogP contribution in [0.15, 0.2) is 24.3 Å². The summed E-state index contributed by atoms with van der Waals surface area (Å²) in [6, 6.07) is 8.70. The molecule has 110 valence electrons. The van der Waals surface area contributed by atoms with Crippen molar-refractivity contribution in [2.45, 2.75) is 13.5 Å². The van der Waals surface area contributed by atoms with Crippen LogP contribution < -0.4 is 0 Å². The van der Waals surface area contributed by atoms with Crippen LogP contribution in [0.3, 0.4) is 0 Å². The maximum atomic E-state index is 4.29.